The number of likely N-dealkylation sites (tertiary alicyclic amines) is 2. The minimum Gasteiger partial charge on any atom is -0.348 e. The van der Waals surface area contributed by atoms with Gasteiger partial charge in [0, 0.05) is 19.0 Å². The number of amides is 1. The monoisotopic (exact) mass is 489 g/mol. The molecule has 186 valence electrons. The van der Waals surface area contributed by atoms with Gasteiger partial charge in [0.15, 0.2) is 15.7 Å². The van der Waals surface area contributed by atoms with Gasteiger partial charge in [0.05, 0.1) is 10.6 Å². The number of sulfone groups is 1. The molecule has 0 spiro atoms. The first-order valence-electron chi connectivity index (χ1n) is 12.4. The summed E-state index contributed by atoms with van der Waals surface area (Å²) in [7, 11) is -3.44. The number of hydrogen-bond donors (Lipinski definition) is 1. The van der Waals surface area contributed by atoms with Crippen LogP contribution in [0.1, 0.15) is 55.0 Å². The van der Waals surface area contributed by atoms with Crippen molar-refractivity contribution in [3.8, 4) is 0 Å². The van der Waals surface area contributed by atoms with Crippen LogP contribution in [0.25, 0.3) is 0 Å². The number of rotatable bonds is 10. The Hall–Kier alpha value is -2.30. The summed E-state index contributed by atoms with van der Waals surface area (Å²) in [4.78, 5) is 21.8. The molecule has 2 fully saturated rings. The van der Waals surface area contributed by atoms with Crippen molar-refractivity contribution in [2.45, 2.75) is 55.9 Å². The highest BCUT2D eigenvalue weighted by atomic mass is 32.2. The molecule has 2 aliphatic rings. The topological polar surface area (TPSA) is 109 Å². The van der Waals surface area contributed by atoms with E-state index < -0.39 is 15.7 Å². The SMILES string of the molecule is O=C(NCCCN1CCC(N2CCCCC2)CC1)c1nc(CCS(=O)(=O)c2ccccc2)no1. The maximum Gasteiger partial charge on any atom is 0.315 e. The Balaban J connectivity index is 1.13. The van der Waals surface area contributed by atoms with Crippen molar-refractivity contribution in [1.82, 2.24) is 25.3 Å². The van der Waals surface area contributed by atoms with E-state index in [4.69, 9.17) is 4.52 Å². The predicted octanol–water partition coefficient (Wildman–Crippen LogP) is 2.16. The molecule has 0 bridgehead atoms. The second-order valence-corrected chi connectivity index (χ2v) is 11.3. The highest BCUT2D eigenvalue weighted by molar-refractivity contribution is 7.91. The van der Waals surface area contributed by atoms with E-state index in [1.807, 2.05) is 0 Å². The third-order valence-electron chi connectivity index (χ3n) is 6.76. The molecule has 3 heterocycles. The molecule has 0 aliphatic carbocycles. The Labute approximate surface area is 201 Å². The third kappa shape index (κ3) is 6.86. The van der Waals surface area contributed by atoms with Crippen LogP contribution < -0.4 is 5.32 Å². The van der Waals surface area contributed by atoms with Crippen molar-refractivity contribution in [1.29, 1.82) is 0 Å². The summed E-state index contributed by atoms with van der Waals surface area (Å²) in [6.07, 6.45) is 7.47. The number of carbonyl (C=O) groups is 1. The quantitative estimate of drug-likeness (QED) is 0.506. The molecule has 1 amide bonds. The molecule has 0 radical (unpaired) electrons. The fourth-order valence-electron chi connectivity index (χ4n) is 4.79. The van der Waals surface area contributed by atoms with E-state index in [1.54, 1.807) is 30.3 Å². The average Bonchev–Trinajstić information content (AvgIpc) is 3.36. The Bertz CT molecular complexity index is 1010. The number of nitrogens with zero attached hydrogens (tertiary/aromatic N) is 4. The summed E-state index contributed by atoms with van der Waals surface area (Å²) in [5, 5.41) is 6.58. The summed E-state index contributed by atoms with van der Waals surface area (Å²) in [5.74, 6) is -0.490. The Morgan fingerprint density at radius 1 is 1.06 bits per heavy atom. The Morgan fingerprint density at radius 2 is 1.79 bits per heavy atom. The zero-order chi connectivity index (χ0) is 23.8. The Morgan fingerprint density at radius 3 is 2.53 bits per heavy atom. The van der Waals surface area contributed by atoms with Crippen LogP contribution in [-0.2, 0) is 16.3 Å². The molecule has 1 aromatic heterocycles. The van der Waals surface area contributed by atoms with Crippen LogP contribution >= 0.6 is 0 Å². The van der Waals surface area contributed by atoms with E-state index in [1.165, 1.54) is 45.2 Å². The zero-order valence-corrected chi connectivity index (χ0v) is 20.5. The number of carbonyl (C=O) groups excluding carboxylic acids is 1. The maximum absolute atomic E-state index is 12.4. The van der Waals surface area contributed by atoms with Gasteiger partial charge in [-0.25, -0.2) is 8.42 Å². The van der Waals surface area contributed by atoms with Gasteiger partial charge in [-0.1, -0.05) is 29.8 Å². The summed E-state index contributed by atoms with van der Waals surface area (Å²) in [5.41, 5.74) is 0. The van der Waals surface area contributed by atoms with E-state index >= 15 is 0 Å². The van der Waals surface area contributed by atoms with Gasteiger partial charge >= 0.3 is 11.8 Å². The highest BCUT2D eigenvalue weighted by Crippen LogP contribution is 2.20. The van der Waals surface area contributed by atoms with Gasteiger partial charge in [0.2, 0.25) is 0 Å². The first-order valence-corrected chi connectivity index (χ1v) is 14.0. The zero-order valence-electron chi connectivity index (χ0n) is 19.7. The molecule has 1 N–H and O–H groups in total. The van der Waals surface area contributed by atoms with Crippen LogP contribution in [0.5, 0.6) is 0 Å². The fraction of sp³-hybridized carbons (Fsp3) is 0.625. The van der Waals surface area contributed by atoms with Gasteiger partial charge in [-0.2, -0.15) is 4.98 Å². The van der Waals surface area contributed by atoms with E-state index in [0.717, 1.165) is 32.1 Å². The van der Waals surface area contributed by atoms with Crippen molar-refractivity contribution in [2.75, 3.05) is 45.0 Å². The number of aromatic nitrogens is 2. The molecule has 0 saturated carbocycles. The van der Waals surface area contributed by atoms with Crippen LogP contribution in [0.4, 0.5) is 0 Å². The van der Waals surface area contributed by atoms with E-state index in [2.05, 4.69) is 25.3 Å². The molecule has 2 aliphatic heterocycles. The summed E-state index contributed by atoms with van der Waals surface area (Å²) < 4.78 is 29.8. The van der Waals surface area contributed by atoms with Gasteiger partial charge < -0.3 is 19.6 Å². The molecule has 1 aromatic carbocycles. The van der Waals surface area contributed by atoms with Gasteiger partial charge in [0.25, 0.3) is 0 Å². The largest absolute Gasteiger partial charge is 0.348 e. The lowest BCUT2D eigenvalue weighted by Crippen LogP contribution is -2.47. The van der Waals surface area contributed by atoms with E-state index in [9.17, 15) is 13.2 Å². The normalized spacial score (nSPS) is 18.7. The number of hydrogen-bond acceptors (Lipinski definition) is 8. The van der Waals surface area contributed by atoms with Gasteiger partial charge in [0.1, 0.15) is 0 Å². The van der Waals surface area contributed by atoms with Crippen molar-refractivity contribution < 1.29 is 17.7 Å². The second-order valence-electron chi connectivity index (χ2n) is 9.18. The van der Waals surface area contributed by atoms with Crippen LogP contribution in [-0.4, -0.2) is 85.3 Å². The molecule has 4 rings (SSSR count). The predicted molar refractivity (Wildman–Crippen MR) is 128 cm³/mol. The second kappa shape index (κ2) is 11.9. The van der Waals surface area contributed by atoms with E-state index in [0.29, 0.717) is 6.54 Å². The summed E-state index contributed by atoms with van der Waals surface area (Å²) in [6, 6.07) is 8.98. The van der Waals surface area contributed by atoms with Gasteiger partial charge in [-0.05, 0) is 77.0 Å². The average molecular weight is 490 g/mol. The van der Waals surface area contributed by atoms with Crippen LogP contribution in [0.15, 0.2) is 39.8 Å². The number of nitrogens with one attached hydrogen (secondary N) is 1. The molecule has 2 aromatic rings. The molecule has 10 heteroatoms. The first kappa shape index (κ1) is 24.8. The standard InChI is InChI=1S/C24H35N5O4S/c30-23(24-26-22(27-33-24)12-19-34(31,32)21-8-3-1-4-9-21)25-13-7-14-28-17-10-20(11-18-28)29-15-5-2-6-16-29/h1,3-4,8-9,20H,2,5-7,10-19H2,(H,25,30). The molecular formula is C24H35N5O4S. The lowest BCUT2D eigenvalue weighted by Gasteiger charge is -2.40. The number of benzene rings is 1. The number of aryl methyl sites for hydroxylation is 1. The fourth-order valence-corrected chi connectivity index (χ4v) is 6.05. The minimum absolute atomic E-state index is 0.0847. The van der Waals surface area contributed by atoms with E-state index in [-0.39, 0.29) is 28.8 Å². The molecule has 2 saturated heterocycles. The van der Waals surface area contributed by atoms with Crippen LogP contribution in [0.3, 0.4) is 0 Å². The van der Waals surface area contributed by atoms with Crippen molar-refractivity contribution in [2.24, 2.45) is 0 Å². The summed E-state index contributed by atoms with van der Waals surface area (Å²) in [6.45, 7) is 6.25. The molecule has 34 heavy (non-hydrogen) atoms. The Kier molecular flexibility index (Phi) is 8.69. The third-order valence-corrected chi connectivity index (χ3v) is 8.49. The highest BCUT2D eigenvalue weighted by Gasteiger charge is 2.25. The molecular weight excluding hydrogens is 454 g/mol. The molecule has 0 atom stereocenters. The lowest BCUT2D eigenvalue weighted by molar-refractivity contribution is 0.0882. The van der Waals surface area contributed by atoms with Crippen molar-refractivity contribution >= 4 is 15.7 Å². The van der Waals surface area contributed by atoms with Crippen molar-refractivity contribution in [3.63, 3.8) is 0 Å². The van der Waals surface area contributed by atoms with Crippen LogP contribution in [0.2, 0.25) is 0 Å². The first-order chi connectivity index (χ1) is 16.5. The van der Waals surface area contributed by atoms with Gasteiger partial charge in [-0.15, -0.1) is 0 Å². The molecule has 9 nitrogen and oxygen atoms in total. The maximum atomic E-state index is 12.4. The number of piperidine rings is 2. The van der Waals surface area contributed by atoms with Crippen LogP contribution in [0, 0.1) is 0 Å². The van der Waals surface area contributed by atoms with Crippen molar-refractivity contribution in [3.05, 3.63) is 42.0 Å². The van der Waals surface area contributed by atoms with Gasteiger partial charge in [-0.3, -0.25) is 4.79 Å². The summed E-state index contributed by atoms with van der Waals surface area (Å²) >= 11 is 0. The smallest absolute Gasteiger partial charge is 0.315 e. The lowest BCUT2D eigenvalue weighted by atomic mass is 10.00. The molecule has 0 unspecified atom stereocenters. The minimum atomic E-state index is -3.44.